The van der Waals surface area contributed by atoms with Gasteiger partial charge in [-0.15, -0.1) is 0 Å². The third-order valence-corrected chi connectivity index (χ3v) is 4.89. The maximum Gasteiger partial charge on any atom is 0.211 e. The van der Waals surface area contributed by atoms with Crippen molar-refractivity contribution in [3.05, 3.63) is 0 Å². The summed E-state index contributed by atoms with van der Waals surface area (Å²) in [4.78, 5) is 0. The largest absolute Gasteiger partial charge is 0.212 e. The van der Waals surface area contributed by atoms with Crippen molar-refractivity contribution in [2.75, 3.05) is 5.75 Å². The standard InChI is InChI=1S/C11H23NO2S/c1-4-9-15(13,14)12-10-7-5-6-8-11(10,2)3/h10,12H,4-9H2,1-3H3. The highest BCUT2D eigenvalue weighted by Gasteiger charge is 2.34. The van der Waals surface area contributed by atoms with Crippen LogP contribution in [0.4, 0.5) is 0 Å². The Labute approximate surface area is 93.7 Å². The van der Waals surface area contributed by atoms with Gasteiger partial charge in [-0.1, -0.05) is 33.6 Å². The van der Waals surface area contributed by atoms with Crippen LogP contribution in [0, 0.1) is 5.41 Å². The summed E-state index contributed by atoms with van der Waals surface area (Å²) >= 11 is 0. The van der Waals surface area contributed by atoms with E-state index in [0.29, 0.717) is 6.42 Å². The number of rotatable bonds is 4. The van der Waals surface area contributed by atoms with Crippen molar-refractivity contribution in [3.8, 4) is 0 Å². The normalized spacial score (nSPS) is 26.5. The molecular formula is C11H23NO2S. The molecule has 1 unspecified atom stereocenters. The van der Waals surface area contributed by atoms with Gasteiger partial charge in [-0.05, 0) is 24.7 Å². The van der Waals surface area contributed by atoms with Gasteiger partial charge in [0, 0.05) is 6.04 Å². The highest BCUT2D eigenvalue weighted by Crippen LogP contribution is 2.35. The van der Waals surface area contributed by atoms with E-state index >= 15 is 0 Å². The maximum atomic E-state index is 11.7. The van der Waals surface area contributed by atoms with E-state index in [-0.39, 0.29) is 17.2 Å². The summed E-state index contributed by atoms with van der Waals surface area (Å²) in [7, 11) is -3.05. The fourth-order valence-corrected chi connectivity index (χ4v) is 3.78. The molecule has 1 atom stereocenters. The van der Waals surface area contributed by atoms with Gasteiger partial charge in [-0.3, -0.25) is 0 Å². The van der Waals surface area contributed by atoms with Gasteiger partial charge in [0.05, 0.1) is 5.75 Å². The van der Waals surface area contributed by atoms with E-state index in [1.165, 1.54) is 6.42 Å². The van der Waals surface area contributed by atoms with Gasteiger partial charge in [0.15, 0.2) is 0 Å². The van der Waals surface area contributed by atoms with Gasteiger partial charge < -0.3 is 0 Å². The topological polar surface area (TPSA) is 46.2 Å². The molecule has 3 nitrogen and oxygen atoms in total. The van der Waals surface area contributed by atoms with Crippen LogP contribution >= 0.6 is 0 Å². The third kappa shape index (κ3) is 3.76. The van der Waals surface area contributed by atoms with Crippen LogP contribution in [0.15, 0.2) is 0 Å². The minimum Gasteiger partial charge on any atom is -0.212 e. The molecule has 1 aliphatic rings. The second-order valence-corrected chi connectivity index (χ2v) is 7.10. The van der Waals surface area contributed by atoms with Crippen molar-refractivity contribution in [2.24, 2.45) is 5.41 Å². The van der Waals surface area contributed by atoms with Crippen LogP contribution in [0.3, 0.4) is 0 Å². The highest BCUT2D eigenvalue weighted by atomic mass is 32.2. The highest BCUT2D eigenvalue weighted by molar-refractivity contribution is 7.89. The van der Waals surface area contributed by atoms with Crippen LogP contribution in [-0.2, 0) is 10.0 Å². The molecule has 0 radical (unpaired) electrons. The molecule has 0 aromatic rings. The lowest BCUT2D eigenvalue weighted by molar-refractivity contribution is 0.188. The van der Waals surface area contributed by atoms with E-state index in [4.69, 9.17) is 0 Å². The minimum absolute atomic E-state index is 0.110. The molecule has 1 rings (SSSR count). The van der Waals surface area contributed by atoms with Crippen molar-refractivity contribution in [3.63, 3.8) is 0 Å². The number of hydrogen-bond donors (Lipinski definition) is 1. The van der Waals surface area contributed by atoms with E-state index in [1.807, 2.05) is 6.92 Å². The van der Waals surface area contributed by atoms with Crippen molar-refractivity contribution in [1.29, 1.82) is 0 Å². The molecule has 0 bridgehead atoms. The Bertz CT molecular complexity index is 296. The molecule has 0 aromatic heterocycles. The first-order valence-corrected chi connectivity index (χ1v) is 7.52. The molecular weight excluding hydrogens is 210 g/mol. The van der Waals surface area contributed by atoms with Crippen LogP contribution in [0.2, 0.25) is 0 Å². The zero-order valence-corrected chi connectivity index (χ0v) is 10.9. The minimum atomic E-state index is -3.05. The van der Waals surface area contributed by atoms with Gasteiger partial charge in [0.1, 0.15) is 0 Å². The van der Waals surface area contributed by atoms with Crippen molar-refractivity contribution >= 4 is 10.0 Å². The van der Waals surface area contributed by atoms with Crippen LogP contribution < -0.4 is 4.72 Å². The summed E-state index contributed by atoms with van der Waals surface area (Å²) in [5.41, 5.74) is 0.110. The van der Waals surface area contributed by atoms with E-state index in [2.05, 4.69) is 18.6 Å². The average Bonchev–Trinajstić information content (AvgIpc) is 2.08. The van der Waals surface area contributed by atoms with E-state index < -0.39 is 10.0 Å². The van der Waals surface area contributed by atoms with Crippen molar-refractivity contribution < 1.29 is 8.42 Å². The number of sulfonamides is 1. The quantitative estimate of drug-likeness (QED) is 0.809. The summed E-state index contributed by atoms with van der Waals surface area (Å²) in [5, 5.41) is 0. The predicted molar refractivity (Wildman–Crippen MR) is 63.3 cm³/mol. The summed E-state index contributed by atoms with van der Waals surface area (Å²) in [6, 6.07) is 0.128. The molecule has 1 aliphatic carbocycles. The van der Waals surface area contributed by atoms with Crippen LogP contribution in [-0.4, -0.2) is 20.2 Å². The second-order valence-electron chi connectivity index (χ2n) is 5.22. The van der Waals surface area contributed by atoms with Crippen molar-refractivity contribution in [1.82, 2.24) is 4.72 Å². The maximum absolute atomic E-state index is 11.7. The molecule has 4 heteroatoms. The first-order chi connectivity index (χ1) is 6.87. The number of hydrogen-bond acceptors (Lipinski definition) is 2. The summed E-state index contributed by atoms with van der Waals surface area (Å²) in [6.07, 6.45) is 5.15. The van der Waals surface area contributed by atoms with Crippen LogP contribution in [0.5, 0.6) is 0 Å². The van der Waals surface area contributed by atoms with E-state index in [0.717, 1.165) is 19.3 Å². The Balaban J connectivity index is 2.64. The average molecular weight is 233 g/mol. The molecule has 0 heterocycles. The fraction of sp³-hybridized carbons (Fsp3) is 1.00. The van der Waals surface area contributed by atoms with E-state index in [9.17, 15) is 8.42 Å². The molecule has 1 fully saturated rings. The lowest BCUT2D eigenvalue weighted by atomic mass is 9.74. The molecule has 0 spiro atoms. The van der Waals surface area contributed by atoms with Crippen LogP contribution in [0.1, 0.15) is 52.9 Å². The monoisotopic (exact) mass is 233 g/mol. The molecule has 0 aliphatic heterocycles. The van der Waals surface area contributed by atoms with E-state index in [1.54, 1.807) is 0 Å². The van der Waals surface area contributed by atoms with Gasteiger partial charge in [-0.2, -0.15) is 0 Å². The second kappa shape index (κ2) is 4.83. The zero-order valence-electron chi connectivity index (χ0n) is 10.0. The SMILES string of the molecule is CCCS(=O)(=O)NC1CCCCC1(C)C. The van der Waals surface area contributed by atoms with Crippen LogP contribution in [0.25, 0.3) is 0 Å². The zero-order chi connectivity index (χ0) is 11.5. The molecule has 90 valence electrons. The third-order valence-electron chi connectivity index (χ3n) is 3.30. The van der Waals surface area contributed by atoms with Gasteiger partial charge in [0.2, 0.25) is 10.0 Å². The number of nitrogens with one attached hydrogen (secondary N) is 1. The first kappa shape index (κ1) is 13.0. The Hall–Kier alpha value is -0.0900. The van der Waals surface area contributed by atoms with Gasteiger partial charge in [0.25, 0.3) is 0 Å². The van der Waals surface area contributed by atoms with Gasteiger partial charge >= 0.3 is 0 Å². The summed E-state index contributed by atoms with van der Waals surface area (Å²) in [5.74, 6) is 0.250. The summed E-state index contributed by atoms with van der Waals surface area (Å²) < 4.78 is 26.2. The Morgan fingerprint density at radius 1 is 1.33 bits per heavy atom. The molecule has 0 amide bonds. The van der Waals surface area contributed by atoms with Gasteiger partial charge in [-0.25, -0.2) is 13.1 Å². The summed E-state index contributed by atoms with van der Waals surface area (Å²) in [6.45, 7) is 6.21. The molecule has 0 aromatic carbocycles. The lowest BCUT2D eigenvalue weighted by Gasteiger charge is -2.38. The molecule has 15 heavy (non-hydrogen) atoms. The molecule has 1 saturated carbocycles. The fourth-order valence-electron chi connectivity index (χ4n) is 2.26. The Morgan fingerprint density at radius 3 is 2.53 bits per heavy atom. The lowest BCUT2D eigenvalue weighted by Crippen LogP contribution is -2.47. The molecule has 1 N–H and O–H groups in total. The smallest absolute Gasteiger partial charge is 0.211 e. The Morgan fingerprint density at radius 2 is 2.00 bits per heavy atom. The first-order valence-electron chi connectivity index (χ1n) is 5.87. The molecule has 0 saturated heterocycles. The Kier molecular flexibility index (Phi) is 4.18. The van der Waals surface area contributed by atoms with Crippen molar-refractivity contribution in [2.45, 2.75) is 58.9 Å². The predicted octanol–water partition coefficient (Wildman–Crippen LogP) is 2.28.